The molecule has 2 aliphatic rings. The first-order valence-electron chi connectivity index (χ1n) is 11.4. The van der Waals surface area contributed by atoms with Crippen molar-refractivity contribution in [3.63, 3.8) is 0 Å². The lowest BCUT2D eigenvalue weighted by atomic mass is 9.95. The lowest BCUT2D eigenvalue weighted by Gasteiger charge is -2.38. The highest BCUT2D eigenvalue weighted by Gasteiger charge is 2.64. The number of benzene rings is 1. The van der Waals surface area contributed by atoms with Crippen molar-refractivity contribution in [3.8, 4) is 5.75 Å². The molecule has 1 amide bonds. The number of hydrogen-bond acceptors (Lipinski definition) is 11. The SMILES string of the molecule is CC(C)OC(=O)C(C)NP(=S)(OC[C@@]1(F)O[C@@H](N2C=CC(=O)NC2O)[C@](C)(O)[C@@H]1O)Oc1ccccc1. The summed E-state index contributed by atoms with van der Waals surface area (Å²) in [7, 11) is 0. The van der Waals surface area contributed by atoms with Gasteiger partial charge < -0.3 is 44.1 Å². The van der Waals surface area contributed by atoms with Gasteiger partial charge in [-0.1, -0.05) is 18.2 Å². The Morgan fingerprint density at radius 2 is 1.97 bits per heavy atom. The molecule has 0 bridgehead atoms. The number of amides is 1. The summed E-state index contributed by atoms with van der Waals surface area (Å²) in [6.45, 7) is 1.19. The van der Waals surface area contributed by atoms with Crippen molar-refractivity contribution in [3.05, 3.63) is 42.6 Å². The third kappa shape index (κ3) is 6.84. The molecule has 3 unspecified atom stereocenters. The maximum atomic E-state index is 16.0. The van der Waals surface area contributed by atoms with E-state index in [0.717, 1.165) is 24.1 Å². The van der Waals surface area contributed by atoms with Crippen molar-refractivity contribution in [2.75, 3.05) is 6.61 Å². The molecule has 0 spiro atoms. The number of hydrogen-bond donors (Lipinski definition) is 5. The molecule has 15 heteroatoms. The lowest BCUT2D eigenvalue weighted by Crippen LogP contribution is -2.59. The number of carbonyl (C=O) groups excluding carboxylic acids is 2. The standard InChI is InChI=1S/C22H31FN3O9PS/c1-13(2)33-17(28)14(3)25-36(37,35-15-8-6-5-7-9-15)32-12-22(23)18(29)21(4,31)19(34-22)26-11-10-16(27)24-20(26)30/h5-11,13-14,18-20,29-31H,12H2,1-4H3,(H,24,27)(H,25,37)/t14?,18-,19+,20?,21+,22+,36?/m0/s1. The summed E-state index contributed by atoms with van der Waals surface area (Å²) in [5.41, 5.74) is -2.27. The molecule has 0 radical (unpaired) electrons. The molecule has 206 valence electrons. The van der Waals surface area contributed by atoms with Crippen LogP contribution in [0.2, 0.25) is 0 Å². The topological polar surface area (TPSA) is 159 Å². The Morgan fingerprint density at radius 3 is 2.57 bits per heavy atom. The maximum absolute atomic E-state index is 16.0. The second-order valence-electron chi connectivity index (χ2n) is 9.04. The van der Waals surface area contributed by atoms with Crippen LogP contribution in [-0.2, 0) is 35.4 Å². The van der Waals surface area contributed by atoms with Crippen LogP contribution in [0, 0.1) is 0 Å². The fourth-order valence-corrected chi connectivity index (χ4v) is 6.01. The molecule has 0 aliphatic carbocycles. The Hall–Kier alpha value is -2.16. The van der Waals surface area contributed by atoms with Crippen LogP contribution in [-0.4, -0.2) is 81.0 Å². The van der Waals surface area contributed by atoms with Gasteiger partial charge in [-0.2, -0.15) is 0 Å². The summed E-state index contributed by atoms with van der Waals surface area (Å²) in [4.78, 5) is 24.7. The average molecular weight is 564 g/mol. The first-order chi connectivity index (χ1) is 17.2. The quantitative estimate of drug-likeness (QED) is 0.200. The van der Waals surface area contributed by atoms with E-state index in [-0.39, 0.29) is 5.75 Å². The van der Waals surface area contributed by atoms with Gasteiger partial charge in [-0.15, -0.1) is 0 Å². The van der Waals surface area contributed by atoms with Gasteiger partial charge in [0, 0.05) is 12.3 Å². The molecule has 37 heavy (non-hydrogen) atoms. The molecule has 0 aromatic heterocycles. The number of rotatable bonds is 10. The minimum atomic E-state index is -3.69. The van der Waals surface area contributed by atoms with Crippen LogP contribution in [0.1, 0.15) is 27.7 Å². The number of nitrogens with zero attached hydrogens (tertiary/aromatic N) is 1. The van der Waals surface area contributed by atoms with E-state index in [1.165, 1.54) is 6.92 Å². The number of esters is 1. The van der Waals surface area contributed by atoms with Crippen molar-refractivity contribution in [1.29, 1.82) is 0 Å². The first kappa shape index (κ1) is 29.4. The van der Waals surface area contributed by atoms with Crippen LogP contribution in [0.5, 0.6) is 5.75 Å². The van der Waals surface area contributed by atoms with Crippen molar-refractivity contribution < 1.29 is 47.8 Å². The van der Waals surface area contributed by atoms with E-state index >= 15 is 4.39 Å². The number of ether oxygens (including phenoxy) is 2. The Balaban J connectivity index is 1.81. The highest BCUT2D eigenvalue weighted by molar-refractivity contribution is 8.09. The van der Waals surface area contributed by atoms with E-state index in [2.05, 4.69) is 10.4 Å². The predicted octanol–water partition coefficient (Wildman–Crippen LogP) is 0.592. The average Bonchev–Trinajstić information content (AvgIpc) is 2.98. The number of carbonyl (C=O) groups is 2. The molecule has 7 atom stereocenters. The van der Waals surface area contributed by atoms with Gasteiger partial charge in [0.15, 0.2) is 6.23 Å². The Labute approximate surface area is 218 Å². The molecule has 1 aromatic rings. The minimum Gasteiger partial charge on any atom is -0.462 e. The molecule has 1 saturated heterocycles. The largest absolute Gasteiger partial charge is 0.462 e. The van der Waals surface area contributed by atoms with Crippen molar-refractivity contribution in [2.24, 2.45) is 0 Å². The Kier molecular flexibility index (Phi) is 8.97. The Morgan fingerprint density at radius 1 is 1.32 bits per heavy atom. The summed E-state index contributed by atoms with van der Waals surface area (Å²) in [5, 5.41) is 36.6. The monoisotopic (exact) mass is 563 g/mol. The zero-order chi connectivity index (χ0) is 27.6. The molecule has 1 aromatic carbocycles. The molecule has 1 fully saturated rings. The zero-order valence-corrected chi connectivity index (χ0v) is 22.3. The molecular weight excluding hydrogens is 532 g/mol. The van der Waals surface area contributed by atoms with E-state index in [1.54, 1.807) is 44.2 Å². The number of alkyl halides is 1. The number of aliphatic hydroxyl groups excluding tert-OH is 2. The fourth-order valence-electron chi connectivity index (χ4n) is 3.62. The molecule has 0 saturated carbocycles. The molecule has 3 rings (SSSR count). The smallest absolute Gasteiger partial charge is 0.323 e. The van der Waals surface area contributed by atoms with E-state index in [4.69, 9.17) is 30.3 Å². The number of aliphatic hydroxyl groups is 3. The van der Waals surface area contributed by atoms with Crippen LogP contribution >= 0.6 is 6.64 Å². The summed E-state index contributed by atoms with van der Waals surface area (Å²) in [5.74, 6) is -4.03. The minimum absolute atomic E-state index is 0.269. The summed E-state index contributed by atoms with van der Waals surface area (Å²) < 4.78 is 37.9. The van der Waals surface area contributed by atoms with Crippen molar-refractivity contribution in [2.45, 2.75) is 70.0 Å². The maximum Gasteiger partial charge on any atom is 0.323 e. The molecule has 12 nitrogen and oxygen atoms in total. The Bertz CT molecular complexity index is 1060. The molecule has 2 aliphatic heterocycles. The van der Waals surface area contributed by atoms with Crippen LogP contribution in [0.4, 0.5) is 4.39 Å². The van der Waals surface area contributed by atoms with E-state index in [9.17, 15) is 24.9 Å². The van der Waals surface area contributed by atoms with Crippen LogP contribution in [0.15, 0.2) is 42.6 Å². The van der Waals surface area contributed by atoms with Crippen LogP contribution in [0.25, 0.3) is 0 Å². The van der Waals surface area contributed by atoms with Crippen LogP contribution in [0.3, 0.4) is 0 Å². The van der Waals surface area contributed by atoms with Crippen molar-refractivity contribution >= 4 is 30.3 Å². The third-order valence-corrected chi connectivity index (χ3v) is 7.93. The van der Waals surface area contributed by atoms with Gasteiger partial charge >= 0.3 is 12.6 Å². The fraction of sp³-hybridized carbons (Fsp3) is 0.545. The highest BCUT2D eigenvalue weighted by Crippen LogP contribution is 2.49. The second-order valence-corrected chi connectivity index (χ2v) is 12.2. The lowest BCUT2D eigenvalue weighted by molar-refractivity contribution is -0.225. The van der Waals surface area contributed by atoms with Crippen molar-refractivity contribution in [1.82, 2.24) is 15.3 Å². The second kappa shape index (κ2) is 11.3. The molecular formula is C22H31FN3O9PS. The van der Waals surface area contributed by atoms with Gasteiger partial charge in [-0.25, -0.2) is 9.48 Å². The van der Waals surface area contributed by atoms with E-state index in [0.29, 0.717) is 0 Å². The zero-order valence-electron chi connectivity index (χ0n) is 20.6. The predicted molar refractivity (Wildman–Crippen MR) is 132 cm³/mol. The van der Waals surface area contributed by atoms with Gasteiger partial charge in [0.1, 0.15) is 30.1 Å². The third-order valence-electron chi connectivity index (χ3n) is 5.45. The van der Waals surface area contributed by atoms with Gasteiger partial charge in [0.05, 0.1) is 6.10 Å². The summed E-state index contributed by atoms with van der Waals surface area (Å²) >= 11 is 5.53. The van der Waals surface area contributed by atoms with Gasteiger partial charge in [-0.3, -0.25) is 9.59 Å². The normalized spacial score (nSPS) is 32.1. The number of para-hydroxylation sites is 1. The summed E-state index contributed by atoms with van der Waals surface area (Å²) in [6.07, 6.45) is -3.75. The van der Waals surface area contributed by atoms with E-state index in [1.807, 2.05) is 0 Å². The van der Waals surface area contributed by atoms with E-state index < -0.39 is 67.4 Å². The highest BCUT2D eigenvalue weighted by atomic mass is 32.5. The molecule has 5 N–H and O–H groups in total. The first-order valence-corrected chi connectivity index (χ1v) is 14.0. The van der Waals surface area contributed by atoms with Gasteiger partial charge in [-0.05, 0) is 51.6 Å². The molecule has 2 heterocycles. The number of halogens is 1. The summed E-state index contributed by atoms with van der Waals surface area (Å²) in [6, 6.07) is 7.23. The number of nitrogens with one attached hydrogen (secondary N) is 2. The van der Waals surface area contributed by atoms with Crippen LogP contribution < -0.4 is 14.9 Å². The van der Waals surface area contributed by atoms with Gasteiger partial charge in [0.25, 0.3) is 5.85 Å². The van der Waals surface area contributed by atoms with Gasteiger partial charge in [0.2, 0.25) is 12.3 Å².